The molecule has 3 aromatic rings. The summed E-state index contributed by atoms with van der Waals surface area (Å²) in [6, 6.07) is 14.1. The van der Waals surface area contributed by atoms with E-state index in [2.05, 4.69) is 10.3 Å². The molecule has 1 amide bonds. The molecule has 0 unspecified atom stereocenters. The van der Waals surface area contributed by atoms with E-state index in [1.807, 2.05) is 29.0 Å². The molecule has 5 nitrogen and oxygen atoms in total. The predicted molar refractivity (Wildman–Crippen MR) is 104 cm³/mol. The molecule has 0 aliphatic heterocycles. The summed E-state index contributed by atoms with van der Waals surface area (Å²) in [5, 5.41) is 13.3. The SMILES string of the molecule is N#Cc1ccc(NC(=O)CSc2nccn2-c2ccc(Cl)cc2)cc1Cl. The van der Waals surface area contributed by atoms with Crippen molar-refractivity contribution in [1.82, 2.24) is 9.55 Å². The fourth-order valence-electron chi connectivity index (χ4n) is 2.21. The molecule has 0 aliphatic rings. The van der Waals surface area contributed by atoms with Crippen molar-refractivity contribution in [2.75, 3.05) is 11.1 Å². The maximum absolute atomic E-state index is 12.2. The van der Waals surface area contributed by atoms with Crippen LogP contribution in [0.3, 0.4) is 0 Å². The molecule has 1 aromatic heterocycles. The van der Waals surface area contributed by atoms with E-state index in [1.54, 1.807) is 36.5 Å². The topological polar surface area (TPSA) is 70.7 Å². The van der Waals surface area contributed by atoms with E-state index in [0.717, 1.165) is 5.69 Å². The molecule has 1 N–H and O–H groups in total. The highest BCUT2D eigenvalue weighted by atomic mass is 35.5. The van der Waals surface area contributed by atoms with Gasteiger partial charge in [-0.05, 0) is 42.5 Å². The van der Waals surface area contributed by atoms with Crippen LogP contribution in [0.25, 0.3) is 5.69 Å². The summed E-state index contributed by atoms with van der Waals surface area (Å²) in [6.45, 7) is 0. The Bertz CT molecular complexity index is 980. The first kappa shape index (κ1) is 18.3. The number of imidazole rings is 1. The average molecular weight is 403 g/mol. The van der Waals surface area contributed by atoms with Gasteiger partial charge in [-0.3, -0.25) is 9.36 Å². The number of benzene rings is 2. The Morgan fingerprint density at radius 3 is 2.69 bits per heavy atom. The molecule has 0 bridgehead atoms. The highest BCUT2D eigenvalue weighted by Gasteiger charge is 2.10. The van der Waals surface area contributed by atoms with E-state index >= 15 is 0 Å². The van der Waals surface area contributed by atoms with Crippen LogP contribution in [-0.4, -0.2) is 21.2 Å². The highest BCUT2D eigenvalue weighted by Crippen LogP contribution is 2.23. The molecule has 0 fully saturated rings. The van der Waals surface area contributed by atoms with Gasteiger partial charge in [0.25, 0.3) is 0 Å². The van der Waals surface area contributed by atoms with Gasteiger partial charge < -0.3 is 5.32 Å². The van der Waals surface area contributed by atoms with E-state index in [0.29, 0.717) is 26.5 Å². The van der Waals surface area contributed by atoms with Crippen molar-refractivity contribution < 1.29 is 4.79 Å². The maximum atomic E-state index is 12.2. The third kappa shape index (κ3) is 4.38. The molecule has 0 saturated heterocycles. The monoisotopic (exact) mass is 402 g/mol. The molecule has 0 aliphatic carbocycles. The zero-order valence-corrected chi connectivity index (χ0v) is 15.6. The van der Waals surface area contributed by atoms with E-state index < -0.39 is 0 Å². The number of thioether (sulfide) groups is 1. The lowest BCUT2D eigenvalue weighted by Crippen LogP contribution is -2.14. The van der Waals surface area contributed by atoms with E-state index in [-0.39, 0.29) is 11.7 Å². The van der Waals surface area contributed by atoms with Crippen LogP contribution in [0, 0.1) is 11.3 Å². The van der Waals surface area contributed by atoms with E-state index in [4.69, 9.17) is 28.5 Å². The minimum atomic E-state index is -0.193. The second kappa shape index (κ2) is 8.28. The van der Waals surface area contributed by atoms with Gasteiger partial charge in [-0.25, -0.2) is 4.98 Å². The lowest BCUT2D eigenvalue weighted by molar-refractivity contribution is -0.113. The zero-order valence-electron chi connectivity index (χ0n) is 13.3. The summed E-state index contributed by atoms with van der Waals surface area (Å²) in [5.74, 6) is -0.0104. The van der Waals surface area contributed by atoms with Crippen molar-refractivity contribution in [3.8, 4) is 11.8 Å². The molecule has 3 rings (SSSR count). The molecular formula is C18H12Cl2N4OS. The number of nitriles is 1. The van der Waals surface area contributed by atoms with Gasteiger partial charge in [0.05, 0.1) is 16.3 Å². The molecule has 8 heteroatoms. The van der Waals surface area contributed by atoms with E-state index in [9.17, 15) is 4.79 Å². The van der Waals surface area contributed by atoms with Crippen molar-refractivity contribution in [1.29, 1.82) is 5.26 Å². The summed E-state index contributed by atoms with van der Waals surface area (Å²) in [5.41, 5.74) is 1.82. The number of nitrogens with one attached hydrogen (secondary N) is 1. The molecule has 0 radical (unpaired) electrons. The first-order valence-corrected chi connectivity index (χ1v) is 9.22. The van der Waals surface area contributed by atoms with Gasteiger partial charge in [0.2, 0.25) is 5.91 Å². The van der Waals surface area contributed by atoms with Crippen molar-refractivity contribution in [3.05, 3.63) is 70.5 Å². The average Bonchev–Trinajstić information content (AvgIpc) is 3.09. The quantitative estimate of drug-likeness (QED) is 0.623. The summed E-state index contributed by atoms with van der Waals surface area (Å²) in [6.07, 6.45) is 3.50. The van der Waals surface area contributed by atoms with Crippen LogP contribution in [0.15, 0.2) is 60.0 Å². The smallest absolute Gasteiger partial charge is 0.234 e. The van der Waals surface area contributed by atoms with Gasteiger partial charge >= 0.3 is 0 Å². The van der Waals surface area contributed by atoms with Crippen LogP contribution in [0.1, 0.15) is 5.56 Å². The number of nitrogens with zero attached hydrogens (tertiary/aromatic N) is 3. The van der Waals surface area contributed by atoms with Crippen LogP contribution in [0.5, 0.6) is 0 Å². The van der Waals surface area contributed by atoms with Crippen LogP contribution >= 0.6 is 35.0 Å². The van der Waals surface area contributed by atoms with Gasteiger partial charge in [-0.15, -0.1) is 0 Å². The lowest BCUT2D eigenvalue weighted by atomic mass is 10.2. The lowest BCUT2D eigenvalue weighted by Gasteiger charge is -2.08. The number of carbonyl (C=O) groups is 1. The number of amides is 1. The molecule has 26 heavy (non-hydrogen) atoms. The molecule has 2 aromatic carbocycles. The maximum Gasteiger partial charge on any atom is 0.234 e. The molecule has 0 atom stereocenters. The third-order valence-electron chi connectivity index (χ3n) is 3.42. The second-order valence-electron chi connectivity index (χ2n) is 5.20. The fourth-order valence-corrected chi connectivity index (χ4v) is 3.33. The van der Waals surface area contributed by atoms with Crippen LogP contribution in [-0.2, 0) is 4.79 Å². The Balaban J connectivity index is 1.64. The van der Waals surface area contributed by atoms with Gasteiger partial charge in [-0.2, -0.15) is 5.26 Å². The van der Waals surface area contributed by atoms with Gasteiger partial charge in [0.15, 0.2) is 5.16 Å². The zero-order chi connectivity index (χ0) is 18.5. The molecule has 1 heterocycles. The van der Waals surface area contributed by atoms with Gasteiger partial charge in [0.1, 0.15) is 6.07 Å². The first-order valence-electron chi connectivity index (χ1n) is 7.48. The number of carbonyl (C=O) groups excluding carboxylic acids is 1. The Kier molecular flexibility index (Phi) is 5.84. The Hall–Kier alpha value is -2.46. The van der Waals surface area contributed by atoms with E-state index in [1.165, 1.54) is 11.8 Å². The standard InChI is InChI=1S/C18H12Cl2N4OS/c19-13-2-5-15(6-3-13)24-8-7-22-18(24)26-11-17(25)23-14-4-1-12(10-21)16(20)9-14/h1-9H,11H2,(H,23,25). The Morgan fingerprint density at radius 2 is 2.00 bits per heavy atom. The highest BCUT2D eigenvalue weighted by molar-refractivity contribution is 7.99. The van der Waals surface area contributed by atoms with Crippen LogP contribution < -0.4 is 5.32 Å². The van der Waals surface area contributed by atoms with Crippen molar-refractivity contribution >= 4 is 46.6 Å². The summed E-state index contributed by atoms with van der Waals surface area (Å²) in [4.78, 5) is 16.5. The number of rotatable bonds is 5. The summed E-state index contributed by atoms with van der Waals surface area (Å²) < 4.78 is 1.88. The minimum Gasteiger partial charge on any atom is -0.325 e. The normalized spacial score (nSPS) is 10.3. The Morgan fingerprint density at radius 1 is 1.23 bits per heavy atom. The second-order valence-corrected chi connectivity index (χ2v) is 6.99. The van der Waals surface area contributed by atoms with Crippen molar-refractivity contribution in [3.63, 3.8) is 0 Å². The Labute approximate surface area is 164 Å². The van der Waals surface area contributed by atoms with Gasteiger partial charge in [-0.1, -0.05) is 35.0 Å². The number of aromatic nitrogens is 2. The third-order valence-corrected chi connectivity index (χ3v) is 4.95. The number of hydrogen-bond donors (Lipinski definition) is 1. The van der Waals surface area contributed by atoms with Gasteiger partial charge in [0, 0.05) is 28.8 Å². The number of halogens is 2. The first-order chi connectivity index (χ1) is 12.6. The van der Waals surface area contributed by atoms with Crippen LogP contribution in [0.2, 0.25) is 10.0 Å². The molecule has 0 spiro atoms. The minimum absolute atomic E-state index is 0.183. The molecule has 130 valence electrons. The van der Waals surface area contributed by atoms with Crippen molar-refractivity contribution in [2.45, 2.75) is 5.16 Å². The predicted octanol–water partition coefficient (Wildman–Crippen LogP) is 4.78. The molecular weight excluding hydrogens is 391 g/mol. The number of hydrogen-bond acceptors (Lipinski definition) is 4. The number of anilines is 1. The summed E-state index contributed by atoms with van der Waals surface area (Å²) >= 11 is 13.2. The van der Waals surface area contributed by atoms with Crippen molar-refractivity contribution in [2.24, 2.45) is 0 Å². The largest absolute Gasteiger partial charge is 0.325 e. The van der Waals surface area contributed by atoms with Crippen LogP contribution in [0.4, 0.5) is 5.69 Å². The fraction of sp³-hybridized carbons (Fsp3) is 0.0556. The summed E-state index contributed by atoms with van der Waals surface area (Å²) in [7, 11) is 0. The molecule has 0 saturated carbocycles.